The summed E-state index contributed by atoms with van der Waals surface area (Å²) < 4.78 is 9.22. The summed E-state index contributed by atoms with van der Waals surface area (Å²) in [6, 6.07) is 17.4. The zero-order valence-electron chi connectivity index (χ0n) is 35.2. The molecule has 0 atom stereocenters. The van der Waals surface area contributed by atoms with Crippen LogP contribution in [-0.2, 0) is 4.74 Å². The second-order valence-electron chi connectivity index (χ2n) is 21.8. The fourth-order valence-electron chi connectivity index (χ4n) is 12.4. The minimum absolute atomic E-state index is 0.0949. The Kier molecular flexibility index (Phi) is 8.82. The van der Waals surface area contributed by atoms with Crippen molar-refractivity contribution in [3.63, 3.8) is 0 Å². The van der Waals surface area contributed by atoms with Gasteiger partial charge in [-0.2, -0.15) is 10.2 Å². The molecule has 0 aliphatic heterocycles. The van der Waals surface area contributed by atoms with Crippen molar-refractivity contribution in [3.05, 3.63) is 80.6 Å². The topological polar surface area (TPSA) is 134 Å². The van der Waals surface area contributed by atoms with Gasteiger partial charge in [-0.05, 0) is 170 Å². The van der Waals surface area contributed by atoms with Gasteiger partial charge < -0.3 is 15.8 Å². The van der Waals surface area contributed by atoms with Crippen LogP contribution >= 0.6 is 0 Å². The second-order valence-corrected chi connectivity index (χ2v) is 21.8. The number of carbonyl (C=O) groups is 1. The fraction of sp³-hybridized carbons (Fsp3) is 0.653. The molecule has 312 valence electrons. The van der Waals surface area contributed by atoms with Gasteiger partial charge in [-0.15, -0.1) is 0 Å². The summed E-state index contributed by atoms with van der Waals surface area (Å²) in [5.74, 6) is 3.52. The van der Waals surface area contributed by atoms with Gasteiger partial charge in [0, 0.05) is 34.7 Å². The van der Waals surface area contributed by atoms with E-state index in [1.807, 2.05) is 66.5 Å². The lowest BCUT2D eigenvalue weighted by Gasteiger charge is -2.57. The van der Waals surface area contributed by atoms with E-state index in [1.165, 1.54) is 82.7 Å². The Morgan fingerprint density at radius 1 is 0.644 bits per heavy atom. The number of fused-ring (bicyclic) bond motifs is 2. The minimum atomic E-state index is -0.471. The molecule has 2 aromatic heterocycles. The molecule has 2 heterocycles. The number of amides is 1. The van der Waals surface area contributed by atoms with E-state index in [0.29, 0.717) is 64.5 Å². The van der Waals surface area contributed by atoms with E-state index in [0.717, 1.165) is 52.9 Å². The molecular formula is C49H62N6O4. The maximum atomic E-state index is 13.4. The molecule has 10 nitrogen and oxygen atoms in total. The van der Waals surface area contributed by atoms with Gasteiger partial charge in [0.1, 0.15) is 5.60 Å². The molecule has 8 fully saturated rings. The third-order valence-electron chi connectivity index (χ3n) is 15.7. The SMILES string of the molecule is CC(C)(C)OC(=O)NC1CC2(C1)CC(c1nn(C(C3CC3)C3CC3)c(=O)c3ccccc13)C2.NC1CC2(C1)CC(c1nn(C(C3CC3)C3CC3)c(=O)c3ccccc13)C2. The van der Waals surface area contributed by atoms with Crippen molar-refractivity contribution in [1.82, 2.24) is 24.9 Å². The van der Waals surface area contributed by atoms with Crippen molar-refractivity contribution in [3.8, 4) is 0 Å². The molecule has 0 unspecified atom stereocenters. The van der Waals surface area contributed by atoms with Crippen LogP contribution in [0.25, 0.3) is 21.5 Å². The maximum Gasteiger partial charge on any atom is 0.407 e. The molecule has 12 rings (SSSR count). The lowest BCUT2D eigenvalue weighted by atomic mass is 9.49. The number of hydrogen-bond donors (Lipinski definition) is 2. The van der Waals surface area contributed by atoms with E-state index in [9.17, 15) is 14.4 Å². The summed E-state index contributed by atoms with van der Waals surface area (Å²) in [7, 11) is 0. The number of nitrogens with zero attached hydrogens (tertiary/aromatic N) is 4. The third-order valence-corrected chi connectivity index (χ3v) is 15.7. The molecule has 2 spiro atoms. The van der Waals surface area contributed by atoms with Gasteiger partial charge in [-0.25, -0.2) is 14.2 Å². The Bertz CT molecular complexity index is 2380. The number of hydrogen-bond acceptors (Lipinski definition) is 7. The van der Waals surface area contributed by atoms with E-state index in [4.69, 9.17) is 20.7 Å². The predicted molar refractivity (Wildman–Crippen MR) is 229 cm³/mol. The molecule has 8 aliphatic carbocycles. The molecule has 3 N–H and O–H groups in total. The molecule has 4 aromatic rings. The first kappa shape index (κ1) is 37.9. The Hall–Kier alpha value is -4.05. The van der Waals surface area contributed by atoms with Crippen LogP contribution in [0.2, 0.25) is 0 Å². The van der Waals surface area contributed by atoms with E-state index in [-0.39, 0.29) is 23.3 Å². The van der Waals surface area contributed by atoms with Crippen molar-refractivity contribution in [2.45, 2.75) is 165 Å². The van der Waals surface area contributed by atoms with Crippen LogP contribution in [0.5, 0.6) is 0 Å². The molecule has 59 heavy (non-hydrogen) atoms. The number of nitrogens with one attached hydrogen (secondary N) is 1. The summed E-state index contributed by atoms with van der Waals surface area (Å²) >= 11 is 0. The lowest BCUT2D eigenvalue weighted by molar-refractivity contribution is -0.0263. The third kappa shape index (κ3) is 7.13. The van der Waals surface area contributed by atoms with Gasteiger partial charge in [0.05, 0.1) is 34.2 Å². The highest BCUT2D eigenvalue weighted by atomic mass is 16.6. The number of benzene rings is 2. The molecule has 8 aliphatic rings. The molecule has 1 amide bonds. The monoisotopic (exact) mass is 798 g/mol. The second kappa shape index (κ2) is 13.7. The highest BCUT2D eigenvalue weighted by Crippen LogP contribution is 2.63. The summed E-state index contributed by atoms with van der Waals surface area (Å²) in [6.45, 7) is 5.66. The number of nitrogens with two attached hydrogens (primary N) is 1. The highest BCUT2D eigenvalue weighted by Gasteiger charge is 2.55. The van der Waals surface area contributed by atoms with Crippen molar-refractivity contribution in [2.75, 3.05) is 0 Å². The quantitative estimate of drug-likeness (QED) is 0.173. The van der Waals surface area contributed by atoms with Crippen molar-refractivity contribution >= 4 is 27.6 Å². The first-order chi connectivity index (χ1) is 28.3. The molecule has 0 bridgehead atoms. The fourth-order valence-corrected chi connectivity index (χ4v) is 12.4. The van der Waals surface area contributed by atoms with Gasteiger partial charge in [-0.1, -0.05) is 36.4 Å². The Morgan fingerprint density at radius 2 is 1.02 bits per heavy atom. The minimum Gasteiger partial charge on any atom is -0.444 e. The zero-order valence-corrected chi connectivity index (χ0v) is 35.2. The van der Waals surface area contributed by atoms with Crippen LogP contribution < -0.4 is 22.2 Å². The van der Waals surface area contributed by atoms with Crippen LogP contribution in [-0.4, -0.2) is 43.3 Å². The van der Waals surface area contributed by atoms with Gasteiger partial charge in [0.2, 0.25) is 0 Å². The summed E-state index contributed by atoms with van der Waals surface area (Å²) in [5.41, 5.74) is 8.88. The normalized spacial score (nSPS) is 31.0. The first-order valence-corrected chi connectivity index (χ1v) is 23.1. The number of aromatic nitrogens is 4. The standard InChI is InChI=1S/C27H35N3O3.C22H27N3O/c1-26(2,3)33-25(32)28-19-14-27(15-19)12-18(13-27)22-20-6-4-5-7-21(20)24(31)30(29-22)23(16-8-9-16)17-10-11-17;23-16-11-22(12-16)9-15(10-22)19-17-3-1-2-4-18(17)21(26)25(24-19)20(13-5-6-13)14-7-8-14/h4-7,16-19,23H,8-15H2,1-3H3,(H,28,32);1-4,13-16,20H,5-12,23H2. The van der Waals surface area contributed by atoms with E-state index < -0.39 is 5.60 Å². The van der Waals surface area contributed by atoms with Gasteiger partial charge in [0.25, 0.3) is 11.1 Å². The van der Waals surface area contributed by atoms with Crippen molar-refractivity contribution in [2.24, 2.45) is 40.2 Å². The molecule has 0 saturated heterocycles. The summed E-state index contributed by atoms with van der Waals surface area (Å²) in [4.78, 5) is 38.7. The van der Waals surface area contributed by atoms with E-state index in [1.54, 1.807) is 0 Å². The van der Waals surface area contributed by atoms with Gasteiger partial charge in [-0.3, -0.25) is 9.59 Å². The molecule has 2 aromatic carbocycles. The largest absolute Gasteiger partial charge is 0.444 e. The predicted octanol–water partition coefficient (Wildman–Crippen LogP) is 9.05. The van der Waals surface area contributed by atoms with E-state index >= 15 is 0 Å². The van der Waals surface area contributed by atoms with Crippen LogP contribution in [0.4, 0.5) is 4.79 Å². The molecular weight excluding hydrogens is 737 g/mol. The Balaban J connectivity index is 0.000000138. The van der Waals surface area contributed by atoms with Gasteiger partial charge >= 0.3 is 6.09 Å². The molecule has 10 heteroatoms. The van der Waals surface area contributed by atoms with Crippen LogP contribution in [0.3, 0.4) is 0 Å². The number of alkyl carbamates (subject to hydrolysis) is 1. The molecule has 8 saturated carbocycles. The number of rotatable bonds is 9. The zero-order chi connectivity index (χ0) is 40.4. The average Bonchev–Trinajstić information content (AvgIpc) is 3.94. The van der Waals surface area contributed by atoms with Crippen LogP contribution in [0, 0.1) is 34.5 Å². The lowest BCUT2D eigenvalue weighted by Crippen LogP contribution is -2.56. The summed E-state index contributed by atoms with van der Waals surface area (Å²) in [6.07, 6.45) is 18.6. The Morgan fingerprint density at radius 3 is 1.37 bits per heavy atom. The summed E-state index contributed by atoms with van der Waals surface area (Å²) in [5, 5.41) is 17.0. The first-order valence-electron chi connectivity index (χ1n) is 23.1. The molecule has 0 radical (unpaired) electrons. The van der Waals surface area contributed by atoms with Crippen LogP contribution in [0.1, 0.15) is 159 Å². The highest BCUT2D eigenvalue weighted by molar-refractivity contribution is 5.85. The van der Waals surface area contributed by atoms with Crippen LogP contribution in [0.15, 0.2) is 58.1 Å². The number of carbonyl (C=O) groups excluding carboxylic acids is 1. The average molecular weight is 799 g/mol. The number of ether oxygens (including phenoxy) is 1. The maximum absolute atomic E-state index is 13.4. The van der Waals surface area contributed by atoms with Gasteiger partial charge in [0.15, 0.2) is 0 Å². The van der Waals surface area contributed by atoms with E-state index in [2.05, 4.69) is 17.4 Å². The smallest absolute Gasteiger partial charge is 0.407 e. The van der Waals surface area contributed by atoms with Crippen molar-refractivity contribution < 1.29 is 9.53 Å². The van der Waals surface area contributed by atoms with Crippen molar-refractivity contribution in [1.29, 1.82) is 0 Å². The Labute approximate surface area is 347 Å².